The maximum Gasteiger partial charge on any atom is 0.423 e. The van der Waals surface area contributed by atoms with Gasteiger partial charge in [-0.15, -0.1) is 0 Å². The molecule has 0 aromatic heterocycles. The molecule has 0 unspecified atom stereocenters. The summed E-state index contributed by atoms with van der Waals surface area (Å²) in [5.74, 6) is -1.41. The van der Waals surface area contributed by atoms with Crippen molar-refractivity contribution in [2.45, 2.75) is 38.7 Å². The average molecular weight is 688 g/mol. The second-order valence-corrected chi connectivity index (χ2v) is 11.8. The minimum Gasteiger partial charge on any atom is -0.504 e. The topological polar surface area (TPSA) is 112 Å². The number of carbonyl (C=O) groups excluding carboxylic acids is 3. The molecule has 0 bridgehead atoms. The molecule has 0 spiro atoms. The zero-order valence-corrected chi connectivity index (χ0v) is 26.0. The van der Waals surface area contributed by atoms with Gasteiger partial charge < -0.3 is 24.1 Å². The Balaban J connectivity index is 1.41. The molecule has 5 rings (SSSR count). The number of hydrogen-bond donors (Lipinski definition) is 1. The predicted octanol–water partition coefficient (Wildman–Crippen LogP) is 5.74. The Morgan fingerprint density at radius 2 is 1.90 bits per heavy atom. The van der Waals surface area contributed by atoms with E-state index in [1.165, 1.54) is 12.7 Å². The Morgan fingerprint density at radius 3 is 2.60 bits per heavy atom. The van der Waals surface area contributed by atoms with E-state index in [9.17, 15) is 19.5 Å². The van der Waals surface area contributed by atoms with Gasteiger partial charge in [0.05, 0.1) is 42.3 Å². The third kappa shape index (κ3) is 5.78. The molecule has 2 fully saturated rings. The number of amides is 3. The molecule has 2 heterocycles. The number of fused-ring (bicyclic) bond motifs is 3. The van der Waals surface area contributed by atoms with Crippen LogP contribution in [0.15, 0.2) is 59.2 Å². The molecular weight excluding hydrogens is 653 g/mol. The fraction of sp³-hybridized carbons (Fsp3) is 0.406. The number of allylic oxidation sites excluding steroid dienone is 1. The molecule has 10 heteroatoms. The number of phenolic OH excluding ortho intramolecular Hbond substituents is 1. The third-order valence-corrected chi connectivity index (χ3v) is 9.17. The van der Waals surface area contributed by atoms with E-state index in [4.69, 9.17) is 18.9 Å². The Hall–Kier alpha value is -3.38. The zero-order chi connectivity index (χ0) is 30.0. The van der Waals surface area contributed by atoms with Crippen molar-refractivity contribution in [3.05, 3.63) is 68.3 Å². The molecular formula is C32H34INO8. The zero-order valence-electron chi connectivity index (χ0n) is 23.8. The van der Waals surface area contributed by atoms with Crippen LogP contribution in [0.3, 0.4) is 0 Å². The van der Waals surface area contributed by atoms with Crippen LogP contribution in [0.25, 0.3) is 6.08 Å². The van der Waals surface area contributed by atoms with Crippen LogP contribution < -0.4 is 9.47 Å². The summed E-state index contributed by atoms with van der Waals surface area (Å²) < 4.78 is 23.2. The lowest BCUT2D eigenvalue weighted by Gasteiger charge is -2.31. The summed E-state index contributed by atoms with van der Waals surface area (Å²) in [6, 6.07) is 13.2. The highest BCUT2D eigenvalue weighted by Gasteiger charge is 2.59. The average Bonchev–Trinajstić information content (AvgIpc) is 3.53. The number of nitrogens with zero attached hydrogens (tertiary/aromatic N) is 1. The van der Waals surface area contributed by atoms with E-state index < -0.39 is 29.7 Å². The number of benzene rings is 2. The van der Waals surface area contributed by atoms with Crippen molar-refractivity contribution in [3.63, 3.8) is 0 Å². The van der Waals surface area contributed by atoms with Crippen molar-refractivity contribution in [2.24, 2.45) is 17.8 Å². The van der Waals surface area contributed by atoms with Gasteiger partial charge in [0.1, 0.15) is 12.4 Å². The summed E-state index contributed by atoms with van der Waals surface area (Å²) >= 11 is 2.09. The molecule has 1 aliphatic carbocycles. The predicted molar refractivity (Wildman–Crippen MR) is 163 cm³/mol. The van der Waals surface area contributed by atoms with Gasteiger partial charge >= 0.3 is 6.09 Å². The van der Waals surface area contributed by atoms with Crippen LogP contribution in [0.4, 0.5) is 4.79 Å². The number of phenols is 1. The summed E-state index contributed by atoms with van der Waals surface area (Å²) in [6.07, 6.45) is 3.50. The minimum absolute atomic E-state index is 0.122. The van der Waals surface area contributed by atoms with Crippen LogP contribution >= 0.6 is 22.6 Å². The van der Waals surface area contributed by atoms with E-state index in [0.717, 1.165) is 36.7 Å². The Kier molecular flexibility index (Phi) is 9.22. The van der Waals surface area contributed by atoms with Crippen molar-refractivity contribution in [1.29, 1.82) is 0 Å². The fourth-order valence-electron chi connectivity index (χ4n) is 6.30. The van der Waals surface area contributed by atoms with Crippen molar-refractivity contribution in [2.75, 3.05) is 27.4 Å². The Labute approximate surface area is 258 Å². The molecule has 2 aromatic rings. The first kappa shape index (κ1) is 30.1. The second-order valence-electron chi connectivity index (χ2n) is 10.7. The number of hydrogen-bond acceptors (Lipinski definition) is 8. The van der Waals surface area contributed by atoms with Crippen molar-refractivity contribution < 1.29 is 38.4 Å². The lowest BCUT2D eigenvalue weighted by molar-refractivity contribution is -0.137. The quantitative estimate of drug-likeness (QED) is 0.202. The second kappa shape index (κ2) is 12.9. The van der Waals surface area contributed by atoms with Crippen LogP contribution in [0.2, 0.25) is 0 Å². The van der Waals surface area contributed by atoms with E-state index in [-0.39, 0.29) is 24.4 Å². The highest BCUT2D eigenvalue weighted by atomic mass is 127. The summed E-state index contributed by atoms with van der Waals surface area (Å²) in [7, 11) is 2.69. The lowest BCUT2D eigenvalue weighted by atomic mass is 9.69. The number of ether oxygens (including phenoxy) is 4. The van der Waals surface area contributed by atoms with Crippen molar-refractivity contribution >= 4 is 46.6 Å². The standard InChI is InChI=1S/C32H34INO8/c1-4-18(12-19-13-24(33)29(35)26(14-19)39-2)10-11-25-27-20(16-41-21-8-6-5-7-9-21)15-22-28(23(27)17-42-25)31(37)34(30(22)36)32(38)40-3/h5-9,12-14,22-23,25,28,35H,4,10-11,15-17H2,1-3H3/b18-12+/t22-,23+,25-,28-/m1/s1. The summed E-state index contributed by atoms with van der Waals surface area (Å²) in [5.41, 5.74) is 4.09. The molecule has 0 radical (unpaired) electrons. The first-order valence-electron chi connectivity index (χ1n) is 14.0. The van der Waals surface area contributed by atoms with Gasteiger partial charge in [-0.3, -0.25) is 9.59 Å². The molecule has 0 saturated carbocycles. The highest BCUT2D eigenvalue weighted by molar-refractivity contribution is 14.1. The molecule has 42 heavy (non-hydrogen) atoms. The van der Waals surface area contributed by atoms with E-state index in [1.54, 1.807) is 0 Å². The number of halogens is 1. The van der Waals surface area contributed by atoms with Gasteiger partial charge in [0.25, 0.3) is 0 Å². The van der Waals surface area contributed by atoms with Gasteiger partial charge in [0, 0.05) is 5.92 Å². The van der Waals surface area contributed by atoms with E-state index in [1.807, 2.05) is 42.5 Å². The molecule has 3 aliphatic rings. The maximum atomic E-state index is 13.4. The van der Waals surface area contributed by atoms with Gasteiger partial charge in [0.15, 0.2) is 11.5 Å². The first-order chi connectivity index (χ1) is 20.3. The van der Waals surface area contributed by atoms with Crippen molar-refractivity contribution in [3.8, 4) is 17.2 Å². The smallest absolute Gasteiger partial charge is 0.423 e. The number of para-hydroxylation sites is 1. The van der Waals surface area contributed by atoms with Crippen LogP contribution in [-0.4, -0.2) is 61.5 Å². The number of carbonyl (C=O) groups is 3. The SMILES string of the molecule is CC/C(=C\c1cc(I)c(O)c(OC)c1)CC[C@H]1OC[C@H]2C1=C(COc1ccccc1)C[C@H]1C(=O)N(C(=O)OC)C(=O)[C@H]12. The third-order valence-electron chi connectivity index (χ3n) is 8.34. The van der Waals surface area contributed by atoms with Gasteiger partial charge in [-0.1, -0.05) is 36.8 Å². The molecule has 2 aromatic carbocycles. The normalized spacial score (nSPS) is 23.6. The highest BCUT2D eigenvalue weighted by Crippen LogP contribution is 2.50. The monoisotopic (exact) mass is 687 g/mol. The molecule has 2 saturated heterocycles. The van der Waals surface area contributed by atoms with Gasteiger partial charge in [0.2, 0.25) is 11.8 Å². The molecule has 1 N–H and O–H groups in total. The van der Waals surface area contributed by atoms with Gasteiger partial charge in [-0.05, 0) is 89.2 Å². The van der Waals surface area contributed by atoms with Gasteiger partial charge in [-0.25, -0.2) is 4.79 Å². The Bertz CT molecular complexity index is 1440. The van der Waals surface area contributed by atoms with Crippen LogP contribution in [0.5, 0.6) is 17.2 Å². The number of methoxy groups -OCH3 is 2. The van der Waals surface area contributed by atoms with Crippen LogP contribution in [0.1, 0.15) is 38.2 Å². The lowest BCUT2D eigenvalue weighted by Crippen LogP contribution is -2.38. The van der Waals surface area contributed by atoms with E-state index in [0.29, 0.717) is 39.4 Å². The molecule has 9 nitrogen and oxygen atoms in total. The number of imide groups is 3. The van der Waals surface area contributed by atoms with E-state index in [2.05, 4.69) is 35.6 Å². The van der Waals surface area contributed by atoms with Gasteiger partial charge in [-0.2, -0.15) is 4.90 Å². The van der Waals surface area contributed by atoms with Crippen molar-refractivity contribution in [1.82, 2.24) is 4.90 Å². The number of aromatic hydroxyl groups is 1. The molecule has 222 valence electrons. The first-order valence-corrected chi connectivity index (χ1v) is 15.1. The van der Waals surface area contributed by atoms with E-state index >= 15 is 0 Å². The fourth-order valence-corrected chi connectivity index (χ4v) is 6.93. The summed E-state index contributed by atoms with van der Waals surface area (Å²) in [5, 5.41) is 10.2. The molecule has 2 aliphatic heterocycles. The number of likely N-dealkylation sites (tertiary alicyclic amines) is 1. The van der Waals surface area contributed by atoms with Crippen LogP contribution in [0, 0.1) is 21.3 Å². The Morgan fingerprint density at radius 1 is 1.14 bits per heavy atom. The largest absolute Gasteiger partial charge is 0.504 e. The van der Waals surface area contributed by atoms with Crippen LogP contribution in [-0.2, 0) is 19.1 Å². The summed E-state index contributed by atoms with van der Waals surface area (Å²) in [4.78, 5) is 39.6. The maximum absolute atomic E-state index is 13.4. The molecule has 4 atom stereocenters. The summed E-state index contributed by atoms with van der Waals surface area (Å²) in [6.45, 7) is 2.66. The molecule has 3 amide bonds. The minimum atomic E-state index is -0.947. The number of rotatable bonds is 9.